The molecule has 5 nitrogen and oxygen atoms in total. The van der Waals surface area contributed by atoms with Crippen LogP contribution in [0.25, 0.3) is 10.4 Å². The van der Waals surface area contributed by atoms with Gasteiger partial charge in [-0.25, -0.2) is 0 Å². The summed E-state index contributed by atoms with van der Waals surface area (Å²) in [4.78, 5) is 2.64. The zero-order valence-corrected chi connectivity index (χ0v) is 9.52. The van der Waals surface area contributed by atoms with Gasteiger partial charge >= 0.3 is 0 Å². The van der Waals surface area contributed by atoms with Gasteiger partial charge in [0, 0.05) is 31.3 Å². The van der Waals surface area contributed by atoms with Crippen molar-refractivity contribution in [2.45, 2.75) is 32.6 Å². The standard InChI is InChI=1S/C10H21N3O2/c1-2-7-14-8-4-3-5-9-15-10-6-12-13-11/h2-10H2,1H3. The Balaban J connectivity index is 2.89. The van der Waals surface area contributed by atoms with Gasteiger partial charge in [-0.2, -0.15) is 0 Å². The van der Waals surface area contributed by atoms with E-state index in [9.17, 15) is 0 Å². The second kappa shape index (κ2) is 13.2. The topological polar surface area (TPSA) is 67.2 Å². The highest BCUT2D eigenvalue weighted by atomic mass is 16.5. The highest BCUT2D eigenvalue weighted by Crippen LogP contribution is 1.97. The maximum absolute atomic E-state index is 8.00. The number of hydrogen-bond acceptors (Lipinski definition) is 3. The Morgan fingerprint density at radius 1 is 1.00 bits per heavy atom. The highest BCUT2D eigenvalue weighted by Gasteiger charge is 1.91. The summed E-state index contributed by atoms with van der Waals surface area (Å²) in [6.45, 7) is 5.52. The number of unbranched alkanes of at least 4 members (excludes halogenated alkanes) is 2. The molecule has 0 aliphatic rings. The summed E-state index contributed by atoms with van der Waals surface area (Å²) in [6.07, 6.45) is 4.36. The van der Waals surface area contributed by atoms with Gasteiger partial charge in [-0.1, -0.05) is 12.0 Å². The van der Waals surface area contributed by atoms with E-state index in [-0.39, 0.29) is 0 Å². The second-order valence-electron chi connectivity index (χ2n) is 3.24. The third kappa shape index (κ3) is 13.2. The lowest BCUT2D eigenvalue weighted by Gasteiger charge is -2.03. The Kier molecular flexibility index (Phi) is 12.6. The highest BCUT2D eigenvalue weighted by molar-refractivity contribution is 4.45. The van der Waals surface area contributed by atoms with Gasteiger partial charge in [-0.05, 0) is 31.2 Å². The van der Waals surface area contributed by atoms with Crippen molar-refractivity contribution < 1.29 is 9.47 Å². The van der Waals surface area contributed by atoms with Gasteiger partial charge in [0.25, 0.3) is 0 Å². The lowest BCUT2D eigenvalue weighted by molar-refractivity contribution is 0.118. The molecule has 0 bridgehead atoms. The molecular weight excluding hydrogens is 194 g/mol. The number of ether oxygens (including phenoxy) is 2. The van der Waals surface area contributed by atoms with Crippen molar-refractivity contribution in [1.82, 2.24) is 0 Å². The quantitative estimate of drug-likeness (QED) is 0.230. The van der Waals surface area contributed by atoms with E-state index in [1.54, 1.807) is 0 Å². The van der Waals surface area contributed by atoms with Crippen molar-refractivity contribution in [3.63, 3.8) is 0 Å². The average molecular weight is 215 g/mol. The zero-order chi connectivity index (χ0) is 11.2. The molecular formula is C10H21N3O2. The van der Waals surface area contributed by atoms with Gasteiger partial charge in [-0.15, -0.1) is 0 Å². The molecule has 0 aromatic carbocycles. The van der Waals surface area contributed by atoms with Crippen molar-refractivity contribution in [3.05, 3.63) is 10.4 Å². The van der Waals surface area contributed by atoms with Crippen LogP contribution < -0.4 is 0 Å². The van der Waals surface area contributed by atoms with E-state index >= 15 is 0 Å². The average Bonchev–Trinajstić information content (AvgIpc) is 2.26. The molecule has 0 spiro atoms. The Hall–Kier alpha value is -0.770. The van der Waals surface area contributed by atoms with Crippen LogP contribution in [0.1, 0.15) is 32.6 Å². The summed E-state index contributed by atoms with van der Waals surface area (Å²) in [6, 6.07) is 0. The molecule has 15 heavy (non-hydrogen) atoms. The summed E-state index contributed by atoms with van der Waals surface area (Å²) in [5.74, 6) is 0. The number of hydrogen-bond donors (Lipinski definition) is 0. The van der Waals surface area contributed by atoms with Gasteiger partial charge in [0.1, 0.15) is 0 Å². The van der Waals surface area contributed by atoms with Crippen molar-refractivity contribution in [2.24, 2.45) is 5.11 Å². The minimum atomic E-state index is 0.427. The van der Waals surface area contributed by atoms with Crippen LogP contribution >= 0.6 is 0 Å². The van der Waals surface area contributed by atoms with Crippen molar-refractivity contribution >= 4 is 0 Å². The zero-order valence-electron chi connectivity index (χ0n) is 9.52. The van der Waals surface area contributed by atoms with Crippen LogP contribution in [-0.4, -0.2) is 33.0 Å². The van der Waals surface area contributed by atoms with E-state index in [1.165, 1.54) is 0 Å². The second-order valence-corrected chi connectivity index (χ2v) is 3.24. The molecule has 0 fully saturated rings. The normalized spacial score (nSPS) is 9.93. The van der Waals surface area contributed by atoms with Crippen LogP contribution in [0.2, 0.25) is 0 Å². The number of nitrogens with zero attached hydrogens (tertiary/aromatic N) is 3. The third-order valence-corrected chi connectivity index (χ3v) is 1.82. The van der Waals surface area contributed by atoms with Crippen LogP contribution in [0.5, 0.6) is 0 Å². The summed E-state index contributed by atoms with van der Waals surface area (Å²) in [5.41, 5.74) is 8.00. The minimum absolute atomic E-state index is 0.427. The molecule has 0 heterocycles. The molecule has 0 amide bonds. The number of azide groups is 1. The van der Waals surface area contributed by atoms with Crippen LogP contribution in [0.15, 0.2) is 5.11 Å². The van der Waals surface area contributed by atoms with E-state index in [1.807, 2.05) is 0 Å². The summed E-state index contributed by atoms with van der Waals surface area (Å²) < 4.78 is 10.6. The predicted molar refractivity (Wildman–Crippen MR) is 59.8 cm³/mol. The van der Waals surface area contributed by atoms with E-state index in [0.717, 1.165) is 45.5 Å². The van der Waals surface area contributed by atoms with Crippen LogP contribution in [0, 0.1) is 0 Å². The van der Waals surface area contributed by atoms with Gasteiger partial charge < -0.3 is 9.47 Å². The molecule has 0 unspecified atom stereocenters. The first-order chi connectivity index (χ1) is 7.41. The van der Waals surface area contributed by atoms with Gasteiger partial charge in [0.2, 0.25) is 0 Å². The van der Waals surface area contributed by atoms with E-state index in [2.05, 4.69) is 16.9 Å². The Morgan fingerprint density at radius 3 is 2.27 bits per heavy atom. The van der Waals surface area contributed by atoms with Crippen molar-refractivity contribution in [1.29, 1.82) is 0 Å². The molecule has 0 radical (unpaired) electrons. The monoisotopic (exact) mass is 215 g/mol. The summed E-state index contributed by atoms with van der Waals surface area (Å²) >= 11 is 0. The first kappa shape index (κ1) is 14.2. The maximum atomic E-state index is 8.00. The lowest BCUT2D eigenvalue weighted by atomic mass is 10.2. The molecule has 0 N–H and O–H groups in total. The summed E-state index contributed by atoms with van der Waals surface area (Å²) in [5, 5.41) is 3.38. The molecule has 0 aliphatic heterocycles. The maximum Gasteiger partial charge on any atom is 0.0522 e. The Labute approximate surface area is 91.4 Å². The number of rotatable bonds is 11. The SMILES string of the molecule is CCCOCCCCCOCCN=[N+]=[N-]. The van der Waals surface area contributed by atoms with Gasteiger partial charge in [-0.3, -0.25) is 0 Å². The van der Waals surface area contributed by atoms with Crippen LogP contribution in [0.3, 0.4) is 0 Å². The third-order valence-electron chi connectivity index (χ3n) is 1.82. The molecule has 88 valence electrons. The van der Waals surface area contributed by atoms with Gasteiger partial charge in [0.05, 0.1) is 6.61 Å². The van der Waals surface area contributed by atoms with E-state index in [0.29, 0.717) is 13.2 Å². The molecule has 0 saturated heterocycles. The fourth-order valence-electron chi connectivity index (χ4n) is 1.08. The molecule has 0 saturated carbocycles. The minimum Gasteiger partial charge on any atom is -0.381 e. The molecule has 0 atom stereocenters. The van der Waals surface area contributed by atoms with Gasteiger partial charge in [0.15, 0.2) is 0 Å². The first-order valence-corrected chi connectivity index (χ1v) is 5.58. The summed E-state index contributed by atoms with van der Waals surface area (Å²) in [7, 11) is 0. The Morgan fingerprint density at radius 2 is 1.67 bits per heavy atom. The van der Waals surface area contributed by atoms with E-state index in [4.69, 9.17) is 15.0 Å². The molecule has 5 heteroatoms. The Bertz CT molecular complexity index is 170. The fourth-order valence-corrected chi connectivity index (χ4v) is 1.08. The molecule has 0 aromatic heterocycles. The smallest absolute Gasteiger partial charge is 0.0522 e. The van der Waals surface area contributed by atoms with Crippen LogP contribution in [-0.2, 0) is 9.47 Å². The fraction of sp³-hybridized carbons (Fsp3) is 1.00. The van der Waals surface area contributed by atoms with Crippen LogP contribution in [0.4, 0.5) is 0 Å². The largest absolute Gasteiger partial charge is 0.381 e. The van der Waals surface area contributed by atoms with E-state index < -0.39 is 0 Å². The molecule has 0 aliphatic carbocycles. The first-order valence-electron chi connectivity index (χ1n) is 5.58. The predicted octanol–water partition coefficient (Wildman–Crippen LogP) is 2.91. The molecule has 0 aromatic rings. The van der Waals surface area contributed by atoms with Crippen molar-refractivity contribution in [2.75, 3.05) is 33.0 Å². The van der Waals surface area contributed by atoms with Crippen molar-refractivity contribution in [3.8, 4) is 0 Å². The molecule has 0 rings (SSSR count). The lowest BCUT2D eigenvalue weighted by Crippen LogP contribution is -2.00.